The molecule has 0 radical (unpaired) electrons. The van der Waals surface area contributed by atoms with Crippen LogP contribution in [0, 0.1) is 0 Å². The Morgan fingerprint density at radius 3 is 2.33 bits per heavy atom. The van der Waals surface area contributed by atoms with Gasteiger partial charge in [0.1, 0.15) is 0 Å². The van der Waals surface area contributed by atoms with E-state index in [-0.39, 0.29) is 0 Å². The monoisotopic (exact) mass is 164 g/mol. The largest absolute Gasteiger partial charge is 0.176 e. The Hall–Kier alpha value is -1.06. The molecule has 12 heavy (non-hydrogen) atoms. The lowest BCUT2D eigenvalue weighted by atomic mass is 9.89. The van der Waals surface area contributed by atoms with Crippen LogP contribution in [0.2, 0.25) is 0 Å². The summed E-state index contributed by atoms with van der Waals surface area (Å²) in [5, 5.41) is 15.4. The zero-order valence-electron chi connectivity index (χ0n) is 6.98. The molecule has 1 aliphatic carbocycles. The third-order valence-electron chi connectivity index (χ3n) is 2.39. The van der Waals surface area contributed by atoms with Gasteiger partial charge in [-0.25, -0.2) is 0 Å². The maximum atomic E-state index is 3.98. The third-order valence-corrected chi connectivity index (χ3v) is 2.39. The molecule has 0 spiro atoms. The van der Waals surface area contributed by atoms with Gasteiger partial charge in [-0.2, -0.15) is 0 Å². The second kappa shape index (κ2) is 3.56. The maximum Gasteiger partial charge on any atom is 0.176 e. The summed E-state index contributed by atoms with van der Waals surface area (Å²) in [5.41, 5.74) is 0. The summed E-state index contributed by atoms with van der Waals surface area (Å²) in [4.78, 5) is 0. The van der Waals surface area contributed by atoms with Crippen LogP contribution in [0.4, 0.5) is 0 Å². The maximum absolute atomic E-state index is 3.98. The van der Waals surface area contributed by atoms with E-state index in [0.29, 0.717) is 5.92 Å². The van der Waals surface area contributed by atoms with Crippen molar-refractivity contribution >= 4 is 0 Å². The standard InChI is InChI=1S/C8H12N4/c1-2-4-7(5-3-1)8-11-9-6-10-12-8/h6-7H,1-5H2. The van der Waals surface area contributed by atoms with Gasteiger partial charge in [0.25, 0.3) is 0 Å². The van der Waals surface area contributed by atoms with Gasteiger partial charge < -0.3 is 0 Å². The van der Waals surface area contributed by atoms with Crippen molar-refractivity contribution in [1.29, 1.82) is 0 Å². The topological polar surface area (TPSA) is 51.6 Å². The lowest BCUT2D eigenvalue weighted by Gasteiger charge is -2.18. The van der Waals surface area contributed by atoms with Crippen LogP contribution in [-0.2, 0) is 0 Å². The highest BCUT2D eigenvalue weighted by Gasteiger charge is 2.18. The van der Waals surface area contributed by atoms with Crippen molar-refractivity contribution in [3.63, 3.8) is 0 Å². The van der Waals surface area contributed by atoms with E-state index >= 15 is 0 Å². The second-order valence-corrected chi connectivity index (χ2v) is 3.24. The molecule has 2 rings (SSSR count). The van der Waals surface area contributed by atoms with Gasteiger partial charge in [0.15, 0.2) is 12.2 Å². The molecule has 0 amide bonds. The Bertz CT molecular complexity index is 230. The molecule has 1 aliphatic rings. The van der Waals surface area contributed by atoms with Crippen molar-refractivity contribution in [1.82, 2.24) is 20.4 Å². The lowest BCUT2D eigenvalue weighted by Crippen LogP contribution is -2.10. The minimum absolute atomic E-state index is 0.514. The number of nitrogens with zero attached hydrogens (tertiary/aromatic N) is 4. The summed E-state index contributed by atoms with van der Waals surface area (Å²) in [7, 11) is 0. The Morgan fingerprint density at radius 2 is 1.67 bits per heavy atom. The summed E-state index contributed by atoms with van der Waals surface area (Å²) in [6, 6.07) is 0. The van der Waals surface area contributed by atoms with Crippen molar-refractivity contribution in [2.45, 2.75) is 38.0 Å². The third kappa shape index (κ3) is 1.57. The van der Waals surface area contributed by atoms with Crippen LogP contribution in [-0.4, -0.2) is 20.4 Å². The fourth-order valence-corrected chi connectivity index (χ4v) is 1.74. The van der Waals surface area contributed by atoms with E-state index in [2.05, 4.69) is 20.4 Å². The smallest absolute Gasteiger partial charge is 0.135 e. The number of hydrogen-bond donors (Lipinski definition) is 0. The van der Waals surface area contributed by atoms with Crippen molar-refractivity contribution in [2.24, 2.45) is 0 Å². The van der Waals surface area contributed by atoms with Gasteiger partial charge in [0.05, 0.1) is 0 Å². The quantitative estimate of drug-likeness (QED) is 0.628. The fraction of sp³-hybridized carbons (Fsp3) is 0.750. The van der Waals surface area contributed by atoms with Crippen molar-refractivity contribution in [3.05, 3.63) is 12.2 Å². The minimum atomic E-state index is 0.514. The summed E-state index contributed by atoms with van der Waals surface area (Å²) in [6.45, 7) is 0. The van der Waals surface area contributed by atoms with E-state index in [1.54, 1.807) is 0 Å². The zero-order chi connectivity index (χ0) is 8.23. The summed E-state index contributed by atoms with van der Waals surface area (Å²) < 4.78 is 0. The summed E-state index contributed by atoms with van der Waals surface area (Å²) in [5.74, 6) is 1.34. The van der Waals surface area contributed by atoms with Crippen molar-refractivity contribution in [2.75, 3.05) is 0 Å². The lowest BCUT2D eigenvalue weighted by molar-refractivity contribution is 0.420. The van der Waals surface area contributed by atoms with Crippen LogP contribution in [0.3, 0.4) is 0 Å². The van der Waals surface area contributed by atoms with Crippen LogP contribution < -0.4 is 0 Å². The second-order valence-electron chi connectivity index (χ2n) is 3.24. The van der Waals surface area contributed by atoms with E-state index in [4.69, 9.17) is 0 Å². The average molecular weight is 164 g/mol. The van der Waals surface area contributed by atoms with Crippen LogP contribution in [0.1, 0.15) is 43.8 Å². The van der Waals surface area contributed by atoms with Gasteiger partial charge in [-0.3, -0.25) is 0 Å². The first-order chi connectivity index (χ1) is 5.97. The molecule has 0 aromatic carbocycles. The Labute approximate surface area is 71.4 Å². The summed E-state index contributed by atoms with van der Waals surface area (Å²) >= 11 is 0. The SMILES string of the molecule is c1nnc(C2CCCCC2)nn1. The molecule has 1 saturated carbocycles. The molecule has 0 N–H and O–H groups in total. The van der Waals surface area contributed by atoms with E-state index in [1.165, 1.54) is 38.4 Å². The molecule has 4 heteroatoms. The Balaban J connectivity index is 2.08. The molecule has 0 saturated heterocycles. The minimum Gasteiger partial charge on any atom is -0.135 e. The van der Waals surface area contributed by atoms with Crippen molar-refractivity contribution < 1.29 is 0 Å². The summed E-state index contributed by atoms with van der Waals surface area (Å²) in [6.07, 6.45) is 7.73. The van der Waals surface area contributed by atoms with Gasteiger partial charge in [-0.05, 0) is 12.8 Å². The van der Waals surface area contributed by atoms with Gasteiger partial charge in [0.2, 0.25) is 0 Å². The molecular formula is C8H12N4. The van der Waals surface area contributed by atoms with E-state index in [0.717, 1.165) is 5.82 Å². The first-order valence-corrected chi connectivity index (χ1v) is 4.47. The van der Waals surface area contributed by atoms with Crippen molar-refractivity contribution in [3.8, 4) is 0 Å². The number of rotatable bonds is 1. The molecule has 0 atom stereocenters. The van der Waals surface area contributed by atoms with Gasteiger partial charge in [-0.15, -0.1) is 20.4 Å². The van der Waals surface area contributed by atoms with Crippen LogP contribution in [0.15, 0.2) is 6.33 Å². The molecule has 4 nitrogen and oxygen atoms in total. The molecule has 64 valence electrons. The molecule has 0 unspecified atom stereocenters. The molecular weight excluding hydrogens is 152 g/mol. The molecule has 0 aliphatic heterocycles. The highest BCUT2D eigenvalue weighted by molar-refractivity contribution is 4.92. The molecule has 1 heterocycles. The first-order valence-electron chi connectivity index (χ1n) is 4.47. The molecule has 1 aromatic heterocycles. The zero-order valence-corrected chi connectivity index (χ0v) is 6.98. The highest BCUT2D eigenvalue weighted by atomic mass is 15.3. The Kier molecular flexibility index (Phi) is 2.25. The first kappa shape index (κ1) is 7.58. The number of aromatic nitrogens is 4. The van der Waals surface area contributed by atoms with E-state index in [9.17, 15) is 0 Å². The number of hydrogen-bond acceptors (Lipinski definition) is 4. The van der Waals surface area contributed by atoms with Gasteiger partial charge >= 0.3 is 0 Å². The van der Waals surface area contributed by atoms with E-state index < -0.39 is 0 Å². The van der Waals surface area contributed by atoms with E-state index in [1.807, 2.05) is 0 Å². The van der Waals surface area contributed by atoms with Crippen LogP contribution in [0.5, 0.6) is 0 Å². The highest BCUT2D eigenvalue weighted by Crippen LogP contribution is 2.29. The van der Waals surface area contributed by atoms with Gasteiger partial charge in [0, 0.05) is 5.92 Å². The Morgan fingerprint density at radius 1 is 1.00 bits per heavy atom. The normalized spacial score (nSPS) is 19.3. The fourth-order valence-electron chi connectivity index (χ4n) is 1.74. The molecule has 1 fully saturated rings. The predicted octanol–water partition coefficient (Wildman–Crippen LogP) is 1.31. The average Bonchev–Trinajstić information content (AvgIpc) is 2.21. The molecule has 0 bridgehead atoms. The van der Waals surface area contributed by atoms with Crippen LogP contribution in [0.25, 0.3) is 0 Å². The van der Waals surface area contributed by atoms with Crippen LogP contribution >= 0.6 is 0 Å². The van der Waals surface area contributed by atoms with Gasteiger partial charge in [-0.1, -0.05) is 19.3 Å². The predicted molar refractivity (Wildman–Crippen MR) is 43.4 cm³/mol. The molecule has 1 aromatic rings.